The lowest BCUT2D eigenvalue weighted by Crippen LogP contribution is -2.27. The molecule has 5 rings (SSSR count). The van der Waals surface area contributed by atoms with E-state index in [1.54, 1.807) is 37.6 Å². The molecule has 9 heteroatoms. The van der Waals surface area contributed by atoms with E-state index in [0.29, 0.717) is 23.4 Å². The van der Waals surface area contributed by atoms with Crippen LogP contribution in [0.1, 0.15) is 41.3 Å². The second kappa shape index (κ2) is 8.09. The first-order valence-electron chi connectivity index (χ1n) is 10.8. The monoisotopic (exact) mass is 441 g/mol. The fourth-order valence-electron chi connectivity index (χ4n) is 4.08. The molecule has 1 aliphatic rings. The van der Waals surface area contributed by atoms with Gasteiger partial charge in [-0.25, -0.2) is 4.98 Å². The van der Waals surface area contributed by atoms with Crippen LogP contribution in [0.5, 0.6) is 0 Å². The van der Waals surface area contributed by atoms with E-state index in [4.69, 9.17) is 0 Å². The number of anilines is 1. The summed E-state index contributed by atoms with van der Waals surface area (Å²) in [6, 6.07) is 11.0. The molecule has 1 unspecified atom stereocenters. The number of fused-ring (bicyclic) bond motifs is 1. The minimum atomic E-state index is -0.526. The first kappa shape index (κ1) is 20.7. The highest BCUT2D eigenvalue weighted by atomic mass is 16.2. The smallest absolute Gasteiger partial charge is 0.263 e. The van der Waals surface area contributed by atoms with Crippen molar-refractivity contribution < 1.29 is 4.79 Å². The molecule has 0 aliphatic carbocycles. The third-order valence-electron chi connectivity index (χ3n) is 5.89. The Morgan fingerprint density at radius 1 is 1.15 bits per heavy atom. The fraction of sp³-hybridized carbons (Fsp3) is 0.250. The van der Waals surface area contributed by atoms with Gasteiger partial charge in [0.2, 0.25) is 0 Å². The summed E-state index contributed by atoms with van der Waals surface area (Å²) < 4.78 is 3.48. The number of hydrogen-bond donors (Lipinski definition) is 1. The minimum absolute atomic E-state index is 0.0276. The van der Waals surface area contributed by atoms with Crippen molar-refractivity contribution in [1.82, 2.24) is 29.3 Å². The van der Waals surface area contributed by atoms with Crippen LogP contribution in [0.3, 0.4) is 0 Å². The summed E-state index contributed by atoms with van der Waals surface area (Å²) >= 11 is 0. The highest BCUT2D eigenvalue weighted by molar-refractivity contribution is 6.04. The van der Waals surface area contributed by atoms with E-state index in [9.17, 15) is 9.59 Å². The molecular weight excluding hydrogens is 418 g/mol. The lowest BCUT2D eigenvalue weighted by molar-refractivity contribution is 0.102. The Morgan fingerprint density at radius 2 is 2.00 bits per heavy atom. The highest BCUT2D eigenvalue weighted by Crippen LogP contribution is 2.30. The molecule has 1 amide bonds. The molecule has 1 aliphatic heterocycles. The second-order valence-electron chi connectivity index (χ2n) is 8.31. The maximum absolute atomic E-state index is 13.0. The number of pyridine rings is 3. The highest BCUT2D eigenvalue weighted by Gasteiger charge is 2.25. The van der Waals surface area contributed by atoms with Gasteiger partial charge >= 0.3 is 0 Å². The number of nitrogens with one attached hydrogen (secondary N) is 1. The standard InChI is InChI=1S/C24H23N7O2/c1-14-7-9-16(12-25-14)17-11-18(24(33)30(3)13-17)23(32)27-20-6-4-5-19(26-20)22-29-28-21-10-8-15(2)31(21)22/h4-7,9,11-13,15H,8,10H2,1-3H3,(H,26,27,32). The third kappa shape index (κ3) is 3.82. The van der Waals surface area contributed by atoms with Gasteiger partial charge in [0.25, 0.3) is 11.5 Å². The predicted octanol–water partition coefficient (Wildman–Crippen LogP) is 3.17. The van der Waals surface area contributed by atoms with Gasteiger partial charge in [-0.15, -0.1) is 10.2 Å². The zero-order chi connectivity index (χ0) is 23.1. The molecule has 5 heterocycles. The number of aromatic nitrogens is 6. The average molecular weight is 441 g/mol. The third-order valence-corrected chi connectivity index (χ3v) is 5.89. The summed E-state index contributed by atoms with van der Waals surface area (Å²) in [5.74, 6) is 1.43. The van der Waals surface area contributed by atoms with Crippen molar-refractivity contribution in [2.24, 2.45) is 7.05 Å². The van der Waals surface area contributed by atoms with E-state index in [-0.39, 0.29) is 5.56 Å². The van der Waals surface area contributed by atoms with E-state index >= 15 is 0 Å². The van der Waals surface area contributed by atoms with E-state index in [1.807, 2.05) is 25.1 Å². The average Bonchev–Trinajstić information content (AvgIpc) is 3.39. The predicted molar refractivity (Wildman–Crippen MR) is 124 cm³/mol. The van der Waals surface area contributed by atoms with Crippen LogP contribution in [0.4, 0.5) is 5.82 Å². The summed E-state index contributed by atoms with van der Waals surface area (Å²) in [7, 11) is 1.62. The SMILES string of the molecule is Cc1ccc(-c2cc(C(=O)Nc3cccc(-c4nnc5n4C(C)CC5)n3)c(=O)n(C)c2)cn1. The minimum Gasteiger partial charge on any atom is -0.317 e. The van der Waals surface area contributed by atoms with Crippen LogP contribution in [-0.2, 0) is 13.5 Å². The van der Waals surface area contributed by atoms with Gasteiger partial charge < -0.3 is 14.5 Å². The van der Waals surface area contributed by atoms with Crippen LogP contribution in [0.25, 0.3) is 22.6 Å². The van der Waals surface area contributed by atoms with E-state index in [2.05, 4.69) is 37.0 Å². The van der Waals surface area contributed by atoms with Gasteiger partial charge in [-0.2, -0.15) is 0 Å². The molecule has 0 bridgehead atoms. The van der Waals surface area contributed by atoms with Gasteiger partial charge in [0, 0.05) is 48.7 Å². The van der Waals surface area contributed by atoms with Crippen LogP contribution < -0.4 is 10.9 Å². The van der Waals surface area contributed by atoms with Crippen LogP contribution in [0.15, 0.2) is 53.6 Å². The number of amides is 1. The number of carbonyl (C=O) groups is 1. The number of aryl methyl sites for hydroxylation is 3. The fourth-order valence-corrected chi connectivity index (χ4v) is 4.08. The van der Waals surface area contributed by atoms with Crippen LogP contribution in [-0.4, -0.2) is 35.2 Å². The molecule has 0 fully saturated rings. The Morgan fingerprint density at radius 3 is 2.79 bits per heavy atom. The first-order chi connectivity index (χ1) is 15.9. The maximum Gasteiger partial charge on any atom is 0.263 e. The quantitative estimate of drug-likeness (QED) is 0.521. The number of rotatable bonds is 4. The molecule has 0 radical (unpaired) electrons. The van der Waals surface area contributed by atoms with E-state index in [0.717, 1.165) is 35.5 Å². The summed E-state index contributed by atoms with van der Waals surface area (Å²) in [6.45, 7) is 4.03. The Labute approximate surface area is 190 Å². The first-order valence-corrected chi connectivity index (χ1v) is 10.8. The summed E-state index contributed by atoms with van der Waals surface area (Å²) in [5.41, 5.74) is 2.69. The van der Waals surface area contributed by atoms with Gasteiger partial charge in [0.05, 0.1) is 0 Å². The Hall–Kier alpha value is -4.14. The molecule has 166 valence electrons. The van der Waals surface area contributed by atoms with Crippen molar-refractivity contribution in [1.29, 1.82) is 0 Å². The zero-order valence-corrected chi connectivity index (χ0v) is 18.6. The molecule has 0 spiro atoms. The van der Waals surface area contributed by atoms with Crippen molar-refractivity contribution in [2.45, 2.75) is 32.7 Å². The van der Waals surface area contributed by atoms with Gasteiger partial charge in [-0.05, 0) is 44.5 Å². The molecule has 1 atom stereocenters. The van der Waals surface area contributed by atoms with Crippen LogP contribution in [0, 0.1) is 6.92 Å². The van der Waals surface area contributed by atoms with Crippen LogP contribution in [0.2, 0.25) is 0 Å². The van der Waals surface area contributed by atoms with Gasteiger partial charge in [-0.1, -0.05) is 12.1 Å². The van der Waals surface area contributed by atoms with E-state index in [1.165, 1.54) is 4.57 Å². The van der Waals surface area contributed by atoms with Crippen molar-refractivity contribution in [3.05, 3.63) is 76.2 Å². The molecule has 0 saturated carbocycles. The largest absolute Gasteiger partial charge is 0.317 e. The van der Waals surface area contributed by atoms with Crippen molar-refractivity contribution in [2.75, 3.05) is 5.32 Å². The molecule has 4 aromatic rings. The van der Waals surface area contributed by atoms with Gasteiger partial charge in [0.1, 0.15) is 22.9 Å². The second-order valence-corrected chi connectivity index (χ2v) is 8.31. The molecule has 9 nitrogen and oxygen atoms in total. The molecule has 0 aromatic carbocycles. The zero-order valence-electron chi connectivity index (χ0n) is 18.6. The van der Waals surface area contributed by atoms with Crippen molar-refractivity contribution >= 4 is 11.7 Å². The number of carbonyl (C=O) groups excluding carboxylic acids is 1. The topological polar surface area (TPSA) is 108 Å². The summed E-state index contributed by atoms with van der Waals surface area (Å²) in [6.07, 6.45) is 5.32. The molecule has 1 N–H and O–H groups in total. The normalized spacial score (nSPS) is 14.8. The molecule has 0 saturated heterocycles. The van der Waals surface area contributed by atoms with Gasteiger partial charge in [0.15, 0.2) is 5.82 Å². The van der Waals surface area contributed by atoms with E-state index < -0.39 is 11.5 Å². The molecule has 33 heavy (non-hydrogen) atoms. The Balaban J connectivity index is 1.45. The summed E-state index contributed by atoms with van der Waals surface area (Å²) in [5, 5.41) is 11.3. The lowest BCUT2D eigenvalue weighted by Gasteiger charge is -2.11. The van der Waals surface area contributed by atoms with Crippen molar-refractivity contribution in [3.8, 4) is 22.6 Å². The maximum atomic E-state index is 13.0. The van der Waals surface area contributed by atoms with Crippen LogP contribution >= 0.6 is 0 Å². The lowest BCUT2D eigenvalue weighted by atomic mass is 10.1. The van der Waals surface area contributed by atoms with Gasteiger partial charge in [-0.3, -0.25) is 14.6 Å². The van der Waals surface area contributed by atoms with Crippen molar-refractivity contribution in [3.63, 3.8) is 0 Å². The summed E-state index contributed by atoms with van der Waals surface area (Å²) in [4.78, 5) is 34.6. The molecule has 4 aromatic heterocycles. The Kier molecular flexibility index (Phi) is 5.08. The number of hydrogen-bond acceptors (Lipinski definition) is 6. The molecular formula is C24H23N7O2. The number of nitrogens with zero attached hydrogens (tertiary/aromatic N) is 6. The Bertz CT molecular complexity index is 1420.